The highest BCUT2D eigenvalue weighted by Gasteiger charge is 2.07. The van der Waals surface area contributed by atoms with Gasteiger partial charge in [-0.3, -0.25) is 4.79 Å². The van der Waals surface area contributed by atoms with Gasteiger partial charge in [0.15, 0.2) is 11.6 Å². The average molecular weight is 286 g/mol. The average Bonchev–Trinajstić information content (AvgIpc) is 2.89. The molecular formula is C16H11FO2S. The van der Waals surface area contributed by atoms with Crippen LogP contribution in [0.5, 0.6) is 5.75 Å². The van der Waals surface area contributed by atoms with E-state index in [0.717, 1.165) is 10.9 Å². The summed E-state index contributed by atoms with van der Waals surface area (Å²) >= 11 is 1.64. The highest BCUT2D eigenvalue weighted by atomic mass is 32.1. The molecule has 0 N–H and O–H groups in total. The molecule has 4 heteroatoms. The van der Waals surface area contributed by atoms with Crippen LogP contribution < -0.4 is 4.74 Å². The molecular weight excluding hydrogens is 275 g/mol. The quantitative estimate of drug-likeness (QED) is 0.663. The Labute approximate surface area is 119 Å². The van der Waals surface area contributed by atoms with Gasteiger partial charge >= 0.3 is 0 Å². The molecule has 0 fully saturated rings. The first-order valence-electron chi connectivity index (χ1n) is 6.10. The smallest absolute Gasteiger partial charge is 0.165 e. The van der Waals surface area contributed by atoms with E-state index in [4.69, 9.17) is 4.74 Å². The topological polar surface area (TPSA) is 26.3 Å². The van der Waals surface area contributed by atoms with Crippen molar-refractivity contribution < 1.29 is 13.9 Å². The standard InChI is InChI=1S/C16H11FO2S/c17-14-7-11(8-18)5-6-15(14)19-9-12-10-20-16-4-2-1-3-13(12)16/h1-8,10H,9H2. The molecule has 1 heterocycles. The van der Waals surface area contributed by atoms with Crippen LogP contribution in [0.2, 0.25) is 0 Å². The number of rotatable bonds is 4. The molecule has 0 saturated heterocycles. The van der Waals surface area contributed by atoms with Crippen molar-refractivity contribution in [2.75, 3.05) is 0 Å². The fraction of sp³-hybridized carbons (Fsp3) is 0.0625. The number of thiophene rings is 1. The number of ether oxygens (including phenoxy) is 1. The number of carbonyl (C=O) groups is 1. The van der Waals surface area contributed by atoms with Crippen LogP contribution in [-0.2, 0) is 6.61 Å². The molecule has 2 nitrogen and oxygen atoms in total. The molecule has 0 bridgehead atoms. The van der Waals surface area contributed by atoms with Crippen molar-refractivity contribution in [3.8, 4) is 5.75 Å². The Bertz CT molecular complexity index is 764. The van der Waals surface area contributed by atoms with Gasteiger partial charge < -0.3 is 4.74 Å². The molecule has 0 radical (unpaired) electrons. The highest BCUT2D eigenvalue weighted by Crippen LogP contribution is 2.27. The minimum Gasteiger partial charge on any atom is -0.486 e. The molecule has 20 heavy (non-hydrogen) atoms. The highest BCUT2D eigenvalue weighted by molar-refractivity contribution is 7.17. The van der Waals surface area contributed by atoms with Crippen molar-refractivity contribution in [2.24, 2.45) is 0 Å². The maximum atomic E-state index is 13.7. The van der Waals surface area contributed by atoms with Gasteiger partial charge in [-0.25, -0.2) is 4.39 Å². The minimum absolute atomic E-state index is 0.158. The van der Waals surface area contributed by atoms with Gasteiger partial charge in [0.1, 0.15) is 12.9 Å². The lowest BCUT2D eigenvalue weighted by molar-refractivity contribution is 0.112. The van der Waals surface area contributed by atoms with Gasteiger partial charge in [0, 0.05) is 15.8 Å². The summed E-state index contributed by atoms with van der Waals surface area (Å²) < 4.78 is 20.4. The summed E-state index contributed by atoms with van der Waals surface area (Å²) in [7, 11) is 0. The minimum atomic E-state index is -0.519. The molecule has 0 aliphatic rings. The Morgan fingerprint density at radius 1 is 1.20 bits per heavy atom. The maximum Gasteiger partial charge on any atom is 0.165 e. The Kier molecular flexibility index (Phi) is 3.48. The Hall–Kier alpha value is -2.20. The largest absolute Gasteiger partial charge is 0.486 e. The SMILES string of the molecule is O=Cc1ccc(OCc2csc3ccccc23)c(F)c1. The first-order chi connectivity index (χ1) is 9.78. The summed E-state index contributed by atoms with van der Waals surface area (Å²) in [5.74, 6) is -0.361. The predicted octanol–water partition coefficient (Wildman–Crippen LogP) is 4.43. The molecule has 1 aromatic heterocycles. The van der Waals surface area contributed by atoms with E-state index in [1.807, 2.05) is 29.6 Å². The molecule has 0 aliphatic carbocycles. The lowest BCUT2D eigenvalue weighted by atomic mass is 10.2. The Morgan fingerprint density at radius 3 is 2.85 bits per heavy atom. The number of halogens is 1. The zero-order valence-electron chi connectivity index (χ0n) is 10.5. The fourth-order valence-corrected chi connectivity index (χ4v) is 2.95. The van der Waals surface area contributed by atoms with Gasteiger partial charge in [0.25, 0.3) is 0 Å². The Balaban J connectivity index is 1.81. The van der Waals surface area contributed by atoms with Crippen LogP contribution in [0.1, 0.15) is 15.9 Å². The van der Waals surface area contributed by atoms with Gasteiger partial charge in [-0.2, -0.15) is 0 Å². The predicted molar refractivity (Wildman–Crippen MR) is 77.9 cm³/mol. The first kappa shape index (κ1) is 12.8. The third kappa shape index (κ3) is 2.42. The summed E-state index contributed by atoms with van der Waals surface area (Å²) in [5.41, 5.74) is 1.33. The molecule has 0 atom stereocenters. The Morgan fingerprint density at radius 2 is 2.05 bits per heavy atom. The van der Waals surface area contributed by atoms with Crippen LogP contribution in [0, 0.1) is 5.82 Å². The lowest BCUT2D eigenvalue weighted by Crippen LogP contribution is -1.97. The summed E-state index contributed by atoms with van der Waals surface area (Å²) in [6.07, 6.45) is 0.610. The van der Waals surface area contributed by atoms with Crippen molar-refractivity contribution >= 4 is 27.7 Å². The van der Waals surface area contributed by atoms with Crippen molar-refractivity contribution in [3.63, 3.8) is 0 Å². The van der Waals surface area contributed by atoms with Crippen LogP contribution in [0.4, 0.5) is 4.39 Å². The molecule has 0 unspecified atom stereocenters. The van der Waals surface area contributed by atoms with E-state index < -0.39 is 5.82 Å². The zero-order valence-corrected chi connectivity index (χ0v) is 11.3. The maximum absolute atomic E-state index is 13.7. The van der Waals surface area contributed by atoms with Crippen molar-refractivity contribution in [1.82, 2.24) is 0 Å². The van der Waals surface area contributed by atoms with Crippen LogP contribution in [0.25, 0.3) is 10.1 Å². The van der Waals surface area contributed by atoms with Crippen molar-refractivity contribution in [1.29, 1.82) is 0 Å². The molecule has 0 amide bonds. The van der Waals surface area contributed by atoms with Gasteiger partial charge in [0.05, 0.1) is 0 Å². The molecule has 0 aliphatic heterocycles. The van der Waals surface area contributed by atoms with E-state index in [0.29, 0.717) is 18.5 Å². The number of fused-ring (bicyclic) bond motifs is 1. The molecule has 2 aromatic carbocycles. The zero-order chi connectivity index (χ0) is 13.9. The second-order valence-corrected chi connectivity index (χ2v) is 5.26. The molecule has 3 aromatic rings. The molecule has 0 saturated carbocycles. The van der Waals surface area contributed by atoms with Gasteiger partial charge in [0.2, 0.25) is 0 Å². The van der Waals surface area contributed by atoms with Crippen LogP contribution in [0.3, 0.4) is 0 Å². The van der Waals surface area contributed by atoms with E-state index >= 15 is 0 Å². The summed E-state index contributed by atoms with van der Waals surface area (Å²) in [5, 5.41) is 3.14. The van der Waals surface area contributed by atoms with E-state index in [1.165, 1.54) is 22.9 Å². The molecule has 100 valence electrons. The summed E-state index contributed by atoms with van der Waals surface area (Å²) in [6, 6.07) is 12.2. The second-order valence-electron chi connectivity index (χ2n) is 4.35. The first-order valence-corrected chi connectivity index (χ1v) is 6.98. The van der Waals surface area contributed by atoms with E-state index in [-0.39, 0.29) is 5.75 Å². The summed E-state index contributed by atoms with van der Waals surface area (Å²) in [4.78, 5) is 10.6. The van der Waals surface area contributed by atoms with Gasteiger partial charge in [-0.15, -0.1) is 11.3 Å². The van der Waals surface area contributed by atoms with Crippen molar-refractivity contribution in [3.05, 3.63) is 64.8 Å². The number of hydrogen-bond acceptors (Lipinski definition) is 3. The van der Waals surface area contributed by atoms with Crippen LogP contribution in [0.15, 0.2) is 47.8 Å². The van der Waals surface area contributed by atoms with Gasteiger partial charge in [-0.05, 0) is 35.0 Å². The third-order valence-electron chi connectivity index (χ3n) is 3.04. The number of benzene rings is 2. The third-order valence-corrected chi connectivity index (χ3v) is 4.05. The summed E-state index contributed by atoms with van der Waals surface area (Å²) in [6.45, 7) is 0.307. The molecule has 0 spiro atoms. The number of carbonyl (C=O) groups excluding carboxylic acids is 1. The monoisotopic (exact) mass is 286 g/mol. The van der Waals surface area contributed by atoms with E-state index in [9.17, 15) is 9.18 Å². The van der Waals surface area contributed by atoms with E-state index in [2.05, 4.69) is 0 Å². The van der Waals surface area contributed by atoms with Crippen LogP contribution in [-0.4, -0.2) is 6.29 Å². The fourth-order valence-electron chi connectivity index (χ4n) is 2.01. The van der Waals surface area contributed by atoms with Crippen LogP contribution >= 0.6 is 11.3 Å². The number of hydrogen-bond donors (Lipinski definition) is 0. The second kappa shape index (κ2) is 5.43. The lowest BCUT2D eigenvalue weighted by Gasteiger charge is -2.07. The number of aldehydes is 1. The normalized spacial score (nSPS) is 10.7. The van der Waals surface area contributed by atoms with E-state index in [1.54, 1.807) is 11.3 Å². The van der Waals surface area contributed by atoms with Gasteiger partial charge in [-0.1, -0.05) is 18.2 Å². The van der Waals surface area contributed by atoms with Crippen molar-refractivity contribution in [2.45, 2.75) is 6.61 Å². The molecule has 3 rings (SSSR count).